The van der Waals surface area contributed by atoms with Crippen LogP contribution in [0.25, 0.3) is 11.0 Å². The molecule has 0 N–H and O–H groups in total. The predicted octanol–water partition coefficient (Wildman–Crippen LogP) is 4.42. The maximum absolute atomic E-state index is 13.1. The molecule has 31 heavy (non-hydrogen) atoms. The van der Waals surface area contributed by atoms with E-state index in [1.807, 2.05) is 4.90 Å². The van der Waals surface area contributed by atoms with Crippen molar-refractivity contribution in [3.63, 3.8) is 0 Å². The molecule has 0 unspecified atom stereocenters. The molecule has 2 aromatic rings. The number of piperazine rings is 1. The second kappa shape index (κ2) is 8.49. The van der Waals surface area contributed by atoms with Crippen LogP contribution in [-0.2, 0) is 6.18 Å². The Hall–Kier alpha value is -2.62. The average molecular weight is 439 g/mol. The number of anilines is 1. The van der Waals surface area contributed by atoms with Crippen LogP contribution in [0, 0.1) is 16.0 Å². The van der Waals surface area contributed by atoms with Gasteiger partial charge in [0.1, 0.15) is 0 Å². The summed E-state index contributed by atoms with van der Waals surface area (Å²) in [5.74, 6) is 0.863. The lowest BCUT2D eigenvalue weighted by molar-refractivity contribution is -0.383. The van der Waals surface area contributed by atoms with Gasteiger partial charge in [-0.1, -0.05) is 19.3 Å². The van der Waals surface area contributed by atoms with Crippen molar-refractivity contribution in [2.24, 2.45) is 5.92 Å². The van der Waals surface area contributed by atoms with Crippen LogP contribution in [0.3, 0.4) is 0 Å². The molecular formula is C21H24F3N3O4. The van der Waals surface area contributed by atoms with E-state index >= 15 is 0 Å². The third kappa shape index (κ3) is 4.68. The van der Waals surface area contributed by atoms with Crippen molar-refractivity contribution < 1.29 is 22.5 Å². The Kier molecular flexibility index (Phi) is 5.92. The molecule has 0 amide bonds. The molecule has 1 aliphatic heterocycles. The highest BCUT2D eigenvalue weighted by atomic mass is 19.4. The van der Waals surface area contributed by atoms with Gasteiger partial charge < -0.3 is 9.32 Å². The Morgan fingerprint density at radius 1 is 1.06 bits per heavy atom. The summed E-state index contributed by atoms with van der Waals surface area (Å²) in [4.78, 5) is 27.2. The van der Waals surface area contributed by atoms with Crippen molar-refractivity contribution in [3.8, 4) is 0 Å². The van der Waals surface area contributed by atoms with Crippen molar-refractivity contribution in [1.29, 1.82) is 0 Å². The van der Waals surface area contributed by atoms with Crippen LogP contribution in [0.4, 0.5) is 24.7 Å². The molecule has 0 bridgehead atoms. The fraction of sp³-hybridized carbons (Fsp3) is 0.571. The summed E-state index contributed by atoms with van der Waals surface area (Å²) in [5, 5.41) is 10.9. The Labute approximate surface area is 176 Å². The zero-order valence-corrected chi connectivity index (χ0v) is 17.0. The fourth-order valence-electron chi connectivity index (χ4n) is 4.57. The molecule has 1 aliphatic carbocycles. The molecule has 0 radical (unpaired) electrons. The number of hydrogen-bond acceptors (Lipinski definition) is 6. The maximum atomic E-state index is 13.1. The van der Waals surface area contributed by atoms with Gasteiger partial charge in [-0.15, -0.1) is 0 Å². The summed E-state index contributed by atoms with van der Waals surface area (Å²) in [6.45, 7) is 3.74. The van der Waals surface area contributed by atoms with Gasteiger partial charge in [-0.3, -0.25) is 19.8 Å². The quantitative estimate of drug-likeness (QED) is 0.518. The van der Waals surface area contributed by atoms with E-state index < -0.39 is 38.7 Å². The maximum Gasteiger partial charge on any atom is 0.416 e. The van der Waals surface area contributed by atoms with Gasteiger partial charge in [-0.05, 0) is 24.8 Å². The normalized spacial score (nSPS) is 19.1. The molecule has 1 saturated heterocycles. The van der Waals surface area contributed by atoms with Crippen LogP contribution in [-0.4, -0.2) is 42.5 Å². The standard InChI is InChI=1S/C21H24F3N3O4/c22-21(23,24)15-10-16-18(28)12-19(31-20(16)17(11-15)27(29)30)26-8-6-25(7-9-26)13-14-4-2-1-3-5-14/h10-12,14H,1-9,13H2. The van der Waals surface area contributed by atoms with Crippen LogP contribution in [0.15, 0.2) is 27.4 Å². The molecule has 1 aromatic carbocycles. The molecule has 1 saturated carbocycles. The van der Waals surface area contributed by atoms with Crippen LogP contribution in [0.1, 0.15) is 37.7 Å². The van der Waals surface area contributed by atoms with Crippen molar-refractivity contribution in [2.75, 3.05) is 37.6 Å². The van der Waals surface area contributed by atoms with Crippen molar-refractivity contribution >= 4 is 22.5 Å². The first-order valence-electron chi connectivity index (χ1n) is 10.5. The molecule has 2 fully saturated rings. The van der Waals surface area contributed by atoms with Gasteiger partial charge in [-0.2, -0.15) is 13.2 Å². The summed E-state index contributed by atoms with van der Waals surface area (Å²) >= 11 is 0. The highest BCUT2D eigenvalue weighted by Crippen LogP contribution is 2.36. The van der Waals surface area contributed by atoms with Crippen molar-refractivity contribution in [2.45, 2.75) is 38.3 Å². The van der Waals surface area contributed by atoms with Gasteiger partial charge in [0.25, 0.3) is 0 Å². The monoisotopic (exact) mass is 439 g/mol. The van der Waals surface area contributed by atoms with Gasteiger partial charge in [0.15, 0.2) is 11.3 Å². The molecule has 168 valence electrons. The van der Waals surface area contributed by atoms with E-state index in [1.54, 1.807) is 0 Å². The highest BCUT2D eigenvalue weighted by molar-refractivity contribution is 5.87. The lowest BCUT2D eigenvalue weighted by atomic mass is 9.89. The predicted molar refractivity (Wildman–Crippen MR) is 109 cm³/mol. The van der Waals surface area contributed by atoms with Crippen LogP contribution in [0.5, 0.6) is 0 Å². The van der Waals surface area contributed by atoms with E-state index in [-0.39, 0.29) is 5.88 Å². The Morgan fingerprint density at radius 3 is 2.35 bits per heavy atom. The first kappa shape index (κ1) is 21.6. The van der Waals surface area contributed by atoms with Crippen LogP contribution in [0.2, 0.25) is 0 Å². The number of alkyl halides is 3. The fourth-order valence-corrected chi connectivity index (χ4v) is 4.57. The summed E-state index contributed by atoms with van der Waals surface area (Å²) in [5.41, 5.74) is -3.26. The van der Waals surface area contributed by atoms with Crippen LogP contribution >= 0.6 is 0 Å². The number of benzene rings is 1. The van der Waals surface area contributed by atoms with E-state index in [0.717, 1.165) is 25.7 Å². The van der Waals surface area contributed by atoms with Gasteiger partial charge in [0.2, 0.25) is 5.58 Å². The summed E-state index contributed by atoms with van der Waals surface area (Å²) in [6.07, 6.45) is 1.57. The minimum absolute atomic E-state index is 0.151. The number of fused-ring (bicyclic) bond motifs is 1. The van der Waals surface area contributed by atoms with E-state index in [4.69, 9.17) is 4.42 Å². The highest BCUT2D eigenvalue weighted by Gasteiger charge is 2.35. The van der Waals surface area contributed by atoms with E-state index in [2.05, 4.69) is 4.90 Å². The SMILES string of the molecule is O=c1cc(N2CCN(CC3CCCCC3)CC2)oc2c([N+](=O)[O-])cc(C(F)(F)F)cc12. The topological polar surface area (TPSA) is 79.8 Å². The second-order valence-corrected chi connectivity index (χ2v) is 8.37. The van der Waals surface area contributed by atoms with Crippen molar-refractivity contribution in [3.05, 3.63) is 44.1 Å². The Balaban J connectivity index is 1.57. The molecule has 2 aliphatic rings. The molecule has 4 rings (SSSR count). The largest absolute Gasteiger partial charge is 0.433 e. The van der Waals surface area contributed by atoms with E-state index in [0.29, 0.717) is 31.1 Å². The number of nitro groups is 1. The number of nitrogens with zero attached hydrogens (tertiary/aromatic N) is 3. The third-order valence-corrected chi connectivity index (χ3v) is 6.25. The lowest BCUT2D eigenvalue weighted by Crippen LogP contribution is -2.48. The summed E-state index contributed by atoms with van der Waals surface area (Å²) in [6, 6.07) is 2.15. The summed E-state index contributed by atoms with van der Waals surface area (Å²) < 4.78 is 44.9. The minimum Gasteiger partial charge on any atom is -0.433 e. The Morgan fingerprint density at radius 2 is 1.74 bits per heavy atom. The van der Waals surface area contributed by atoms with Gasteiger partial charge in [-0.25, -0.2) is 0 Å². The van der Waals surface area contributed by atoms with Gasteiger partial charge in [0.05, 0.1) is 15.9 Å². The number of halogens is 3. The Bertz CT molecular complexity index is 1020. The minimum atomic E-state index is -4.81. The third-order valence-electron chi connectivity index (χ3n) is 6.25. The first-order chi connectivity index (χ1) is 14.7. The molecule has 1 aromatic heterocycles. The van der Waals surface area contributed by atoms with Crippen molar-refractivity contribution in [1.82, 2.24) is 4.90 Å². The number of rotatable bonds is 4. The molecule has 0 spiro atoms. The molecule has 0 atom stereocenters. The molecular weight excluding hydrogens is 415 g/mol. The van der Waals surface area contributed by atoms with E-state index in [9.17, 15) is 28.1 Å². The zero-order chi connectivity index (χ0) is 22.2. The zero-order valence-electron chi connectivity index (χ0n) is 17.0. The molecule has 10 heteroatoms. The van der Waals surface area contributed by atoms with Gasteiger partial charge in [0, 0.05) is 44.9 Å². The number of non-ortho nitro benzene ring substituents is 1. The number of nitro benzene ring substituents is 1. The van der Waals surface area contributed by atoms with Gasteiger partial charge >= 0.3 is 11.9 Å². The first-order valence-corrected chi connectivity index (χ1v) is 10.5. The number of hydrogen-bond donors (Lipinski definition) is 0. The molecule has 7 nitrogen and oxygen atoms in total. The summed E-state index contributed by atoms with van der Waals surface area (Å²) in [7, 11) is 0. The second-order valence-electron chi connectivity index (χ2n) is 8.37. The smallest absolute Gasteiger partial charge is 0.416 e. The van der Waals surface area contributed by atoms with E-state index in [1.165, 1.54) is 32.1 Å². The molecule has 2 heterocycles. The van der Waals surface area contributed by atoms with Crippen LogP contribution < -0.4 is 10.3 Å². The lowest BCUT2D eigenvalue weighted by Gasteiger charge is -2.37. The average Bonchev–Trinajstić information content (AvgIpc) is 2.73.